The predicted molar refractivity (Wildman–Crippen MR) is 101 cm³/mol. The zero-order valence-electron chi connectivity index (χ0n) is 14.9. The second-order valence-corrected chi connectivity index (χ2v) is 6.28. The van der Waals surface area contributed by atoms with Crippen LogP contribution in [0.25, 0.3) is 0 Å². The van der Waals surface area contributed by atoms with E-state index in [-0.39, 0.29) is 6.10 Å². The van der Waals surface area contributed by atoms with E-state index in [0.717, 1.165) is 32.7 Å². The first kappa shape index (κ1) is 18.7. The van der Waals surface area contributed by atoms with Gasteiger partial charge in [0.1, 0.15) is 0 Å². The Kier molecular flexibility index (Phi) is 7.96. The maximum Gasteiger partial charge on any atom is 0.0794 e. The zero-order chi connectivity index (χ0) is 17.2. The Hall–Kier alpha value is -1.68. The normalized spacial score (nSPS) is 12.7. The quantitative estimate of drug-likeness (QED) is 0.725. The molecule has 0 radical (unpaired) electrons. The Bertz CT molecular complexity index is 513. The van der Waals surface area contributed by atoms with E-state index in [2.05, 4.69) is 72.2 Å². The molecule has 0 heterocycles. The monoisotopic (exact) mass is 326 g/mol. The molecule has 0 aliphatic carbocycles. The molecule has 0 fully saturated rings. The molecule has 0 aromatic heterocycles. The van der Waals surface area contributed by atoms with Crippen LogP contribution in [-0.2, 0) is 13.1 Å². The van der Waals surface area contributed by atoms with E-state index in [1.807, 2.05) is 12.1 Å². The highest BCUT2D eigenvalue weighted by molar-refractivity contribution is 5.17. The van der Waals surface area contributed by atoms with Crippen LogP contribution < -0.4 is 0 Å². The zero-order valence-corrected chi connectivity index (χ0v) is 14.9. The molecule has 1 N–H and O–H groups in total. The Morgan fingerprint density at radius 3 is 1.54 bits per heavy atom. The van der Waals surface area contributed by atoms with Crippen molar-refractivity contribution in [2.75, 3.05) is 26.2 Å². The summed E-state index contributed by atoms with van der Waals surface area (Å²) in [6.45, 7) is 9.35. The molecule has 3 nitrogen and oxygen atoms in total. The van der Waals surface area contributed by atoms with Gasteiger partial charge in [0.2, 0.25) is 0 Å². The molecule has 0 bridgehead atoms. The molecule has 0 aliphatic heterocycles. The lowest BCUT2D eigenvalue weighted by Gasteiger charge is -2.28. The summed E-state index contributed by atoms with van der Waals surface area (Å²) in [5.74, 6) is 0. The van der Waals surface area contributed by atoms with Gasteiger partial charge in [0.25, 0.3) is 0 Å². The van der Waals surface area contributed by atoms with E-state index in [1.54, 1.807) is 0 Å². The van der Waals surface area contributed by atoms with E-state index >= 15 is 0 Å². The van der Waals surface area contributed by atoms with Crippen LogP contribution in [0.5, 0.6) is 0 Å². The average molecular weight is 326 g/mol. The molecule has 1 unspecified atom stereocenters. The summed E-state index contributed by atoms with van der Waals surface area (Å²) in [6, 6.07) is 21.0. The molecule has 0 saturated carbocycles. The molecule has 2 aromatic rings. The molecule has 24 heavy (non-hydrogen) atoms. The largest absolute Gasteiger partial charge is 0.390 e. The number of aliphatic hydroxyl groups is 1. The van der Waals surface area contributed by atoms with Crippen LogP contribution in [-0.4, -0.2) is 47.2 Å². The van der Waals surface area contributed by atoms with Gasteiger partial charge in [-0.3, -0.25) is 4.90 Å². The van der Waals surface area contributed by atoms with Crippen molar-refractivity contribution in [3.05, 3.63) is 71.8 Å². The van der Waals surface area contributed by atoms with Crippen molar-refractivity contribution >= 4 is 0 Å². The second-order valence-electron chi connectivity index (χ2n) is 6.28. The molecule has 2 aromatic carbocycles. The first-order chi connectivity index (χ1) is 11.7. The SMILES string of the molecule is CCN(CC)CC(O)CN(Cc1ccccc1)Cc1ccccc1. The first-order valence-electron chi connectivity index (χ1n) is 8.91. The molecule has 0 aliphatic rings. The molecule has 0 spiro atoms. The summed E-state index contributed by atoms with van der Waals surface area (Å²) in [7, 11) is 0. The summed E-state index contributed by atoms with van der Waals surface area (Å²) < 4.78 is 0. The maximum absolute atomic E-state index is 10.5. The van der Waals surface area contributed by atoms with E-state index in [9.17, 15) is 5.11 Å². The third-order valence-electron chi connectivity index (χ3n) is 4.33. The number of rotatable bonds is 10. The summed E-state index contributed by atoms with van der Waals surface area (Å²) in [5, 5.41) is 10.5. The molecule has 0 amide bonds. The van der Waals surface area contributed by atoms with Gasteiger partial charge in [-0.15, -0.1) is 0 Å². The lowest BCUT2D eigenvalue weighted by Crippen LogP contribution is -2.39. The van der Waals surface area contributed by atoms with Crippen molar-refractivity contribution in [2.45, 2.75) is 33.0 Å². The molecular formula is C21H30N2O. The van der Waals surface area contributed by atoms with E-state index in [0.29, 0.717) is 6.54 Å². The number of aliphatic hydroxyl groups excluding tert-OH is 1. The van der Waals surface area contributed by atoms with E-state index in [1.165, 1.54) is 11.1 Å². The van der Waals surface area contributed by atoms with Gasteiger partial charge >= 0.3 is 0 Å². The van der Waals surface area contributed by atoms with Gasteiger partial charge in [0.15, 0.2) is 0 Å². The topological polar surface area (TPSA) is 26.7 Å². The molecular weight excluding hydrogens is 296 g/mol. The highest BCUT2D eigenvalue weighted by Crippen LogP contribution is 2.11. The fourth-order valence-electron chi connectivity index (χ4n) is 3.00. The van der Waals surface area contributed by atoms with Crippen molar-refractivity contribution in [3.63, 3.8) is 0 Å². The summed E-state index contributed by atoms with van der Waals surface area (Å²) in [5.41, 5.74) is 2.56. The van der Waals surface area contributed by atoms with E-state index in [4.69, 9.17) is 0 Å². The van der Waals surface area contributed by atoms with Gasteiger partial charge in [0.05, 0.1) is 6.10 Å². The van der Waals surface area contributed by atoms with Gasteiger partial charge in [-0.1, -0.05) is 74.5 Å². The number of hydrogen-bond acceptors (Lipinski definition) is 3. The lowest BCUT2D eigenvalue weighted by atomic mass is 10.1. The van der Waals surface area contributed by atoms with Crippen LogP contribution >= 0.6 is 0 Å². The number of hydrogen-bond donors (Lipinski definition) is 1. The van der Waals surface area contributed by atoms with Crippen LogP contribution in [0, 0.1) is 0 Å². The van der Waals surface area contributed by atoms with Gasteiger partial charge < -0.3 is 10.0 Å². The standard InChI is InChI=1S/C21H30N2O/c1-3-22(4-2)17-21(24)18-23(15-19-11-7-5-8-12-19)16-20-13-9-6-10-14-20/h5-14,21,24H,3-4,15-18H2,1-2H3. The van der Waals surface area contributed by atoms with Gasteiger partial charge in [-0.25, -0.2) is 0 Å². The third kappa shape index (κ3) is 6.44. The maximum atomic E-state index is 10.5. The minimum Gasteiger partial charge on any atom is -0.390 e. The average Bonchev–Trinajstić information content (AvgIpc) is 2.61. The number of nitrogens with zero attached hydrogens (tertiary/aromatic N) is 2. The minimum absolute atomic E-state index is 0.336. The minimum atomic E-state index is -0.336. The fourth-order valence-corrected chi connectivity index (χ4v) is 3.00. The number of benzene rings is 2. The predicted octanol–water partition coefficient (Wildman–Crippen LogP) is 3.39. The van der Waals surface area contributed by atoms with Crippen LogP contribution in [0.3, 0.4) is 0 Å². The molecule has 3 heteroatoms. The summed E-state index contributed by atoms with van der Waals surface area (Å²) in [4.78, 5) is 4.60. The second kappa shape index (κ2) is 10.2. The van der Waals surface area contributed by atoms with Crippen molar-refractivity contribution in [1.29, 1.82) is 0 Å². The van der Waals surface area contributed by atoms with Crippen LogP contribution in [0.4, 0.5) is 0 Å². The Morgan fingerprint density at radius 2 is 1.12 bits per heavy atom. The molecule has 0 saturated heterocycles. The Labute approximate surface area is 146 Å². The van der Waals surface area contributed by atoms with Crippen molar-refractivity contribution in [2.24, 2.45) is 0 Å². The van der Waals surface area contributed by atoms with Crippen LogP contribution in [0.15, 0.2) is 60.7 Å². The Morgan fingerprint density at radius 1 is 0.708 bits per heavy atom. The number of likely N-dealkylation sites (N-methyl/N-ethyl adjacent to an activating group) is 1. The van der Waals surface area contributed by atoms with E-state index < -0.39 is 0 Å². The summed E-state index contributed by atoms with van der Waals surface area (Å²) in [6.07, 6.45) is -0.336. The molecule has 130 valence electrons. The smallest absolute Gasteiger partial charge is 0.0794 e. The highest BCUT2D eigenvalue weighted by atomic mass is 16.3. The lowest BCUT2D eigenvalue weighted by molar-refractivity contribution is 0.0714. The molecule has 2 rings (SSSR count). The van der Waals surface area contributed by atoms with Gasteiger partial charge in [-0.05, 0) is 24.2 Å². The van der Waals surface area contributed by atoms with Crippen LogP contribution in [0.1, 0.15) is 25.0 Å². The Balaban J connectivity index is 2.01. The van der Waals surface area contributed by atoms with Crippen LogP contribution in [0.2, 0.25) is 0 Å². The van der Waals surface area contributed by atoms with Gasteiger partial charge in [-0.2, -0.15) is 0 Å². The van der Waals surface area contributed by atoms with Crippen molar-refractivity contribution < 1.29 is 5.11 Å². The molecule has 1 atom stereocenters. The summed E-state index contributed by atoms with van der Waals surface area (Å²) >= 11 is 0. The van der Waals surface area contributed by atoms with Crippen molar-refractivity contribution in [1.82, 2.24) is 9.80 Å². The highest BCUT2D eigenvalue weighted by Gasteiger charge is 2.15. The fraction of sp³-hybridized carbons (Fsp3) is 0.429. The first-order valence-corrected chi connectivity index (χ1v) is 8.91. The van der Waals surface area contributed by atoms with Gasteiger partial charge in [0, 0.05) is 26.2 Å². The van der Waals surface area contributed by atoms with Crippen molar-refractivity contribution in [3.8, 4) is 0 Å². The third-order valence-corrected chi connectivity index (χ3v) is 4.33.